The Hall–Kier alpha value is -1.49. The molecule has 3 atom stereocenters. The highest BCUT2D eigenvalue weighted by Gasteiger charge is 2.53. The lowest BCUT2D eigenvalue weighted by atomic mass is 9.92. The van der Waals surface area contributed by atoms with Gasteiger partial charge in [-0.05, 0) is 36.8 Å². The molecule has 0 aromatic heterocycles. The van der Waals surface area contributed by atoms with Gasteiger partial charge >= 0.3 is 0 Å². The van der Waals surface area contributed by atoms with Crippen LogP contribution in [0.2, 0.25) is 0 Å². The van der Waals surface area contributed by atoms with E-state index in [1.807, 2.05) is 6.92 Å². The summed E-state index contributed by atoms with van der Waals surface area (Å²) in [6.07, 6.45) is 2.04. The number of carbonyl (C=O) groups excluding carboxylic acids is 1. The highest BCUT2D eigenvalue weighted by atomic mass is 19.1. The molecule has 1 amide bonds. The Morgan fingerprint density at radius 1 is 1.48 bits per heavy atom. The average molecular weight is 295 g/mol. The molecule has 1 heterocycles. The number of ether oxygens (including phenoxy) is 1. The van der Waals surface area contributed by atoms with Crippen molar-refractivity contribution in [3.8, 4) is 0 Å². The number of benzene rings is 1. The molecule has 0 radical (unpaired) electrons. The number of rotatable bonds is 4. The first kappa shape index (κ1) is 14.4. The zero-order valence-corrected chi connectivity index (χ0v) is 12.0. The molecule has 1 N–H and O–H groups in total. The molecule has 21 heavy (non-hydrogen) atoms. The van der Waals surface area contributed by atoms with E-state index in [0.717, 1.165) is 25.3 Å². The van der Waals surface area contributed by atoms with Crippen LogP contribution in [0, 0.1) is 17.6 Å². The summed E-state index contributed by atoms with van der Waals surface area (Å²) in [6, 6.07) is 3.67. The number of hydrogen-bond acceptors (Lipinski definition) is 2. The normalized spacial score (nSPS) is 31.2. The van der Waals surface area contributed by atoms with Crippen LogP contribution in [0.25, 0.3) is 0 Å². The minimum Gasteiger partial charge on any atom is -0.368 e. The smallest absolute Gasteiger partial charge is 0.249 e. The van der Waals surface area contributed by atoms with E-state index >= 15 is 0 Å². The Kier molecular flexibility index (Phi) is 3.69. The number of halogens is 2. The predicted octanol–water partition coefficient (Wildman–Crippen LogP) is 2.54. The van der Waals surface area contributed by atoms with Crippen molar-refractivity contribution in [3.63, 3.8) is 0 Å². The molecule has 3 unspecified atom stereocenters. The van der Waals surface area contributed by atoms with Crippen LogP contribution in [0.5, 0.6) is 0 Å². The Morgan fingerprint density at radius 2 is 2.24 bits per heavy atom. The van der Waals surface area contributed by atoms with Crippen LogP contribution in [0.3, 0.4) is 0 Å². The average Bonchev–Trinajstić information content (AvgIpc) is 2.89. The lowest BCUT2D eigenvalue weighted by molar-refractivity contribution is -0.130. The monoisotopic (exact) mass is 295 g/mol. The molecule has 1 saturated heterocycles. The Balaban J connectivity index is 1.71. The van der Waals surface area contributed by atoms with Crippen molar-refractivity contribution >= 4 is 5.91 Å². The summed E-state index contributed by atoms with van der Waals surface area (Å²) < 4.78 is 32.4. The molecule has 1 saturated carbocycles. The Morgan fingerprint density at radius 3 is 2.81 bits per heavy atom. The van der Waals surface area contributed by atoms with Crippen molar-refractivity contribution in [1.82, 2.24) is 5.32 Å². The summed E-state index contributed by atoms with van der Waals surface area (Å²) >= 11 is 0. The van der Waals surface area contributed by atoms with Gasteiger partial charge in [0.25, 0.3) is 0 Å². The number of carbonyl (C=O) groups is 1. The van der Waals surface area contributed by atoms with Crippen LogP contribution in [-0.2, 0) is 14.9 Å². The predicted molar refractivity (Wildman–Crippen MR) is 73.8 cm³/mol. The van der Waals surface area contributed by atoms with Crippen LogP contribution < -0.4 is 5.32 Å². The maximum atomic E-state index is 14.0. The second-order valence-electron chi connectivity index (χ2n) is 6.10. The molecule has 2 aliphatic rings. The van der Waals surface area contributed by atoms with E-state index in [2.05, 4.69) is 5.32 Å². The topological polar surface area (TPSA) is 38.3 Å². The fraction of sp³-hybridized carbons (Fsp3) is 0.562. The summed E-state index contributed by atoms with van der Waals surface area (Å²) in [6.45, 7) is 3.00. The van der Waals surface area contributed by atoms with Crippen LogP contribution in [0.4, 0.5) is 8.78 Å². The van der Waals surface area contributed by atoms with Gasteiger partial charge in [0.1, 0.15) is 17.7 Å². The maximum Gasteiger partial charge on any atom is 0.249 e. The second kappa shape index (κ2) is 5.37. The quantitative estimate of drug-likeness (QED) is 0.927. The first-order valence-corrected chi connectivity index (χ1v) is 7.38. The second-order valence-corrected chi connectivity index (χ2v) is 6.10. The SMILES string of the molecule is CC1CC1(CNC(=O)C1CCCO1)c1ccc(F)cc1F. The molecule has 1 aromatic carbocycles. The van der Waals surface area contributed by atoms with Gasteiger partial charge in [-0.3, -0.25) is 4.79 Å². The zero-order chi connectivity index (χ0) is 15.0. The summed E-state index contributed by atoms with van der Waals surface area (Å²) in [4.78, 5) is 12.0. The van der Waals surface area contributed by atoms with Gasteiger partial charge in [-0.15, -0.1) is 0 Å². The van der Waals surface area contributed by atoms with E-state index in [9.17, 15) is 13.6 Å². The van der Waals surface area contributed by atoms with Gasteiger partial charge in [0.15, 0.2) is 0 Å². The van der Waals surface area contributed by atoms with Crippen molar-refractivity contribution in [3.05, 3.63) is 35.4 Å². The fourth-order valence-electron chi connectivity index (χ4n) is 3.24. The van der Waals surface area contributed by atoms with E-state index in [1.165, 1.54) is 12.1 Å². The molecule has 0 bridgehead atoms. The summed E-state index contributed by atoms with van der Waals surface area (Å²) in [5, 5.41) is 2.87. The highest BCUT2D eigenvalue weighted by molar-refractivity contribution is 5.81. The van der Waals surface area contributed by atoms with E-state index in [0.29, 0.717) is 18.7 Å². The molecular formula is C16H19F2NO2. The number of amides is 1. The van der Waals surface area contributed by atoms with Crippen molar-refractivity contribution in [1.29, 1.82) is 0 Å². The largest absolute Gasteiger partial charge is 0.368 e. The number of nitrogens with one attached hydrogen (secondary N) is 1. The van der Waals surface area contributed by atoms with Gasteiger partial charge < -0.3 is 10.1 Å². The third-order valence-corrected chi connectivity index (χ3v) is 4.72. The molecule has 3 rings (SSSR count). The van der Waals surface area contributed by atoms with Gasteiger partial charge in [-0.1, -0.05) is 13.0 Å². The molecule has 114 valence electrons. The van der Waals surface area contributed by atoms with Crippen LogP contribution >= 0.6 is 0 Å². The van der Waals surface area contributed by atoms with E-state index in [1.54, 1.807) is 0 Å². The van der Waals surface area contributed by atoms with Crippen LogP contribution in [-0.4, -0.2) is 25.2 Å². The van der Waals surface area contributed by atoms with Gasteiger partial charge in [0.05, 0.1) is 0 Å². The summed E-state index contributed by atoms with van der Waals surface area (Å²) in [5.41, 5.74) is 0.0792. The maximum absolute atomic E-state index is 14.0. The minimum absolute atomic E-state index is 0.131. The van der Waals surface area contributed by atoms with Gasteiger partial charge in [0.2, 0.25) is 5.91 Å². The zero-order valence-electron chi connectivity index (χ0n) is 12.0. The van der Waals surface area contributed by atoms with Crippen LogP contribution in [0.1, 0.15) is 31.7 Å². The lowest BCUT2D eigenvalue weighted by Gasteiger charge is -2.20. The molecule has 3 nitrogen and oxygen atoms in total. The summed E-state index contributed by atoms with van der Waals surface area (Å²) in [5.74, 6) is -0.982. The van der Waals surface area contributed by atoms with Gasteiger partial charge in [-0.25, -0.2) is 8.78 Å². The number of hydrogen-bond donors (Lipinski definition) is 1. The molecule has 1 aliphatic carbocycles. The van der Waals surface area contributed by atoms with Crippen molar-refractivity contribution in [2.45, 2.75) is 37.7 Å². The van der Waals surface area contributed by atoms with Crippen molar-refractivity contribution in [2.24, 2.45) is 5.92 Å². The first-order chi connectivity index (χ1) is 10.0. The highest BCUT2D eigenvalue weighted by Crippen LogP contribution is 2.54. The van der Waals surface area contributed by atoms with E-state index in [-0.39, 0.29) is 17.9 Å². The summed E-state index contributed by atoms with van der Waals surface area (Å²) in [7, 11) is 0. The van der Waals surface area contributed by atoms with Crippen LogP contribution in [0.15, 0.2) is 18.2 Å². The third-order valence-electron chi connectivity index (χ3n) is 4.72. The molecule has 0 spiro atoms. The molecular weight excluding hydrogens is 276 g/mol. The van der Waals surface area contributed by atoms with Gasteiger partial charge in [0, 0.05) is 24.6 Å². The first-order valence-electron chi connectivity index (χ1n) is 7.38. The minimum atomic E-state index is -0.580. The Bertz CT molecular complexity index is 557. The molecule has 2 fully saturated rings. The third kappa shape index (κ3) is 2.67. The van der Waals surface area contributed by atoms with E-state index in [4.69, 9.17) is 4.74 Å². The van der Waals surface area contributed by atoms with Crippen molar-refractivity contribution in [2.75, 3.05) is 13.2 Å². The Labute approximate surface area is 122 Å². The molecule has 1 aromatic rings. The molecule has 5 heteroatoms. The van der Waals surface area contributed by atoms with E-state index < -0.39 is 17.0 Å². The lowest BCUT2D eigenvalue weighted by Crippen LogP contribution is -2.39. The fourth-order valence-corrected chi connectivity index (χ4v) is 3.24. The van der Waals surface area contributed by atoms with Gasteiger partial charge in [-0.2, -0.15) is 0 Å². The van der Waals surface area contributed by atoms with Crippen molar-refractivity contribution < 1.29 is 18.3 Å². The molecule has 1 aliphatic heterocycles. The standard InChI is InChI=1S/C16H19F2NO2/c1-10-8-16(10,12-5-4-11(17)7-13(12)18)9-19-15(20)14-3-2-6-21-14/h4-5,7,10,14H,2-3,6,8-9H2,1H3,(H,19,20).